The molecule has 3 N–H and O–H groups in total. The molecule has 1 aliphatic heterocycles. The number of piperazine rings is 1. The van der Waals surface area contributed by atoms with Gasteiger partial charge >= 0.3 is 0 Å². The molecule has 0 amide bonds. The Morgan fingerprint density at radius 2 is 2.04 bits per heavy atom. The fraction of sp³-hybridized carbons (Fsp3) is 0.412. The van der Waals surface area contributed by atoms with Crippen LogP contribution in [0.1, 0.15) is 12.0 Å². The van der Waals surface area contributed by atoms with Gasteiger partial charge in [-0.3, -0.25) is 4.90 Å². The number of aliphatic hydroxyl groups is 1. The molecular weight excluding hydrogens is 328 g/mol. The van der Waals surface area contributed by atoms with Gasteiger partial charge in [0.05, 0.1) is 0 Å². The SMILES string of the molecule is Nc1nccc(N2CCN(Cc3ccc(F)c(F)c3)C(CCO)C2)n1. The Morgan fingerprint density at radius 3 is 2.76 bits per heavy atom. The fourth-order valence-electron chi connectivity index (χ4n) is 3.14. The van der Waals surface area contributed by atoms with Gasteiger partial charge in [-0.2, -0.15) is 4.98 Å². The Bertz CT molecular complexity index is 730. The first-order valence-corrected chi connectivity index (χ1v) is 8.19. The van der Waals surface area contributed by atoms with Crippen molar-refractivity contribution >= 4 is 11.8 Å². The molecule has 0 radical (unpaired) electrons. The van der Waals surface area contributed by atoms with Crippen molar-refractivity contribution in [3.63, 3.8) is 0 Å². The van der Waals surface area contributed by atoms with Crippen LogP contribution >= 0.6 is 0 Å². The third kappa shape index (κ3) is 4.21. The van der Waals surface area contributed by atoms with E-state index in [1.807, 2.05) is 0 Å². The van der Waals surface area contributed by atoms with E-state index in [-0.39, 0.29) is 18.6 Å². The van der Waals surface area contributed by atoms with Crippen LogP contribution in [0, 0.1) is 11.6 Å². The Hall–Kier alpha value is -2.32. The van der Waals surface area contributed by atoms with Crippen LogP contribution in [-0.4, -0.2) is 52.3 Å². The number of hydrogen-bond acceptors (Lipinski definition) is 6. The van der Waals surface area contributed by atoms with E-state index in [1.165, 1.54) is 6.07 Å². The Labute approximate surface area is 144 Å². The van der Waals surface area contributed by atoms with E-state index in [9.17, 15) is 13.9 Å². The maximum Gasteiger partial charge on any atom is 0.221 e. The third-order valence-electron chi connectivity index (χ3n) is 4.42. The van der Waals surface area contributed by atoms with Crippen LogP contribution in [0.15, 0.2) is 30.5 Å². The number of nitrogen functional groups attached to an aromatic ring is 1. The number of halogens is 2. The second-order valence-corrected chi connectivity index (χ2v) is 6.10. The molecule has 8 heteroatoms. The topological polar surface area (TPSA) is 78.5 Å². The molecular formula is C17H21F2N5O. The molecule has 3 rings (SSSR count). The van der Waals surface area contributed by atoms with Crippen molar-refractivity contribution in [3.8, 4) is 0 Å². The molecule has 1 saturated heterocycles. The summed E-state index contributed by atoms with van der Waals surface area (Å²) in [6.45, 7) is 2.66. The van der Waals surface area contributed by atoms with Crippen LogP contribution in [0.2, 0.25) is 0 Å². The minimum Gasteiger partial charge on any atom is -0.396 e. The number of hydrogen-bond donors (Lipinski definition) is 2. The fourth-order valence-corrected chi connectivity index (χ4v) is 3.14. The molecule has 0 saturated carbocycles. The van der Waals surface area contributed by atoms with Crippen molar-refractivity contribution in [2.75, 3.05) is 36.9 Å². The number of nitrogens with zero attached hydrogens (tertiary/aromatic N) is 4. The molecule has 1 aromatic carbocycles. The highest BCUT2D eigenvalue weighted by Crippen LogP contribution is 2.21. The number of anilines is 2. The van der Waals surface area contributed by atoms with Crippen molar-refractivity contribution < 1.29 is 13.9 Å². The molecule has 1 aliphatic rings. The third-order valence-corrected chi connectivity index (χ3v) is 4.42. The normalized spacial score (nSPS) is 18.5. The summed E-state index contributed by atoms with van der Waals surface area (Å²) in [5.74, 6) is -0.712. The van der Waals surface area contributed by atoms with Gasteiger partial charge in [-0.1, -0.05) is 6.07 Å². The van der Waals surface area contributed by atoms with Crippen LogP contribution in [0.4, 0.5) is 20.5 Å². The van der Waals surface area contributed by atoms with Gasteiger partial charge in [-0.15, -0.1) is 0 Å². The summed E-state index contributed by atoms with van der Waals surface area (Å²) in [4.78, 5) is 12.4. The number of aliphatic hydroxyl groups excluding tert-OH is 1. The zero-order valence-electron chi connectivity index (χ0n) is 13.8. The summed E-state index contributed by atoms with van der Waals surface area (Å²) >= 11 is 0. The highest BCUT2D eigenvalue weighted by molar-refractivity contribution is 5.41. The van der Waals surface area contributed by atoms with E-state index in [0.29, 0.717) is 31.6 Å². The molecule has 134 valence electrons. The summed E-state index contributed by atoms with van der Waals surface area (Å²) in [5, 5.41) is 9.38. The summed E-state index contributed by atoms with van der Waals surface area (Å²) < 4.78 is 26.5. The second kappa shape index (κ2) is 7.71. The highest BCUT2D eigenvalue weighted by atomic mass is 19.2. The van der Waals surface area contributed by atoms with Gasteiger partial charge in [0.15, 0.2) is 11.6 Å². The van der Waals surface area contributed by atoms with Crippen LogP contribution in [0.25, 0.3) is 0 Å². The molecule has 1 unspecified atom stereocenters. The first kappa shape index (κ1) is 17.5. The minimum atomic E-state index is -0.846. The molecule has 1 aromatic heterocycles. The Morgan fingerprint density at radius 1 is 1.20 bits per heavy atom. The molecule has 0 spiro atoms. The largest absolute Gasteiger partial charge is 0.396 e. The summed E-state index contributed by atoms with van der Waals surface area (Å²) in [5.41, 5.74) is 6.36. The van der Waals surface area contributed by atoms with E-state index >= 15 is 0 Å². The molecule has 25 heavy (non-hydrogen) atoms. The van der Waals surface area contributed by atoms with Crippen molar-refractivity contribution in [2.45, 2.75) is 19.0 Å². The standard InChI is InChI=1S/C17H21F2N5O/c18-14-2-1-12(9-15(14)19)10-23-6-7-24(11-13(23)4-8-25)16-3-5-21-17(20)22-16/h1-3,5,9,13,25H,4,6-8,10-11H2,(H2,20,21,22). The van der Waals surface area contributed by atoms with E-state index in [0.717, 1.165) is 18.4 Å². The Kier molecular flexibility index (Phi) is 5.40. The molecule has 0 bridgehead atoms. The van der Waals surface area contributed by atoms with Crippen molar-refractivity contribution in [1.29, 1.82) is 0 Å². The summed E-state index contributed by atoms with van der Waals surface area (Å²) in [7, 11) is 0. The van der Waals surface area contributed by atoms with Gasteiger partial charge in [0.2, 0.25) is 5.95 Å². The minimum absolute atomic E-state index is 0.0543. The number of benzene rings is 1. The first-order chi connectivity index (χ1) is 12.1. The van der Waals surface area contributed by atoms with Crippen molar-refractivity contribution in [3.05, 3.63) is 47.7 Å². The second-order valence-electron chi connectivity index (χ2n) is 6.10. The lowest BCUT2D eigenvalue weighted by molar-refractivity contribution is 0.135. The Balaban J connectivity index is 1.72. The van der Waals surface area contributed by atoms with Gasteiger partial charge in [-0.25, -0.2) is 13.8 Å². The molecule has 0 aliphatic carbocycles. The highest BCUT2D eigenvalue weighted by Gasteiger charge is 2.27. The lowest BCUT2D eigenvalue weighted by atomic mass is 10.1. The maximum atomic E-state index is 13.4. The lowest BCUT2D eigenvalue weighted by Crippen LogP contribution is -2.53. The van der Waals surface area contributed by atoms with Crippen molar-refractivity contribution in [1.82, 2.24) is 14.9 Å². The summed E-state index contributed by atoms with van der Waals surface area (Å²) in [6.07, 6.45) is 2.20. The zero-order valence-corrected chi connectivity index (χ0v) is 13.8. The first-order valence-electron chi connectivity index (χ1n) is 8.19. The number of aromatic nitrogens is 2. The number of nitrogens with two attached hydrogens (primary N) is 1. The van der Waals surface area contributed by atoms with Gasteiger partial charge in [-0.05, 0) is 30.2 Å². The molecule has 1 fully saturated rings. The van der Waals surface area contributed by atoms with Crippen LogP contribution in [0.5, 0.6) is 0 Å². The van der Waals surface area contributed by atoms with E-state index in [4.69, 9.17) is 5.73 Å². The van der Waals surface area contributed by atoms with Gasteiger partial charge < -0.3 is 15.7 Å². The van der Waals surface area contributed by atoms with E-state index in [1.54, 1.807) is 18.3 Å². The predicted octanol–water partition coefficient (Wildman–Crippen LogP) is 1.41. The molecule has 6 nitrogen and oxygen atoms in total. The average Bonchev–Trinajstić information content (AvgIpc) is 2.60. The average molecular weight is 349 g/mol. The molecule has 2 heterocycles. The monoisotopic (exact) mass is 349 g/mol. The van der Waals surface area contributed by atoms with Gasteiger partial charge in [0, 0.05) is 45.0 Å². The van der Waals surface area contributed by atoms with Gasteiger partial charge in [0.1, 0.15) is 5.82 Å². The van der Waals surface area contributed by atoms with Crippen LogP contribution in [-0.2, 0) is 6.54 Å². The van der Waals surface area contributed by atoms with Gasteiger partial charge in [0.25, 0.3) is 0 Å². The van der Waals surface area contributed by atoms with Crippen LogP contribution < -0.4 is 10.6 Å². The van der Waals surface area contributed by atoms with E-state index < -0.39 is 11.6 Å². The zero-order chi connectivity index (χ0) is 17.8. The smallest absolute Gasteiger partial charge is 0.221 e. The summed E-state index contributed by atoms with van der Waals surface area (Å²) in [6, 6.07) is 5.83. The van der Waals surface area contributed by atoms with Crippen LogP contribution in [0.3, 0.4) is 0 Å². The lowest BCUT2D eigenvalue weighted by Gasteiger charge is -2.42. The van der Waals surface area contributed by atoms with Crippen molar-refractivity contribution in [2.24, 2.45) is 0 Å². The number of rotatable bonds is 5. The maximum absolute atomic E-state index is 13.4. The predicted molar refractivity (Wildman–Crippen MR) is 90.9 cm³/mol. The molecule has 2 aromatic rings. The molecule has 1 atom stereocenters. The quantitative estimate of drug-likeness (QED) is 0.850. The van der Waals surface area contributed by atoms with E-state index in [2.05, 4.69) is 19.8 Å².